The van der Waals surface area contributed by atoms with Gasteiger partial charge in [0.2, 0.25) is 0 Å². The van der Waals surface area contributed by atoms with Crippen molar-refractivity contribution in [2.75, 3.05) is 0 Å². The highest BCUT2D eigenvalue weighted by Crippen LogP contribution is 2.18. The van der Waals surface area contributed by atoms with Crippen molar-refractivity contribution >= 4 is 11.9 Å². The van der Waals surface area contributed by atoms with Crippen LogP contribution in [0.2, 0.25) is 0 Å². The Labute approximate surface area is 204 Å². The summed E-state index contributed by atoms with van der Waals surface area (Å²) in [5.74, 6) is -2.00. The third kappa shape index (κ3) is 21.0. The molecule has 0 aromatic rings. The average molecular weight is 467 g/mol. The highest BCUT2D eigenvalue weighted by Gasteiger charge is 2.23. The number of carbonyl (C=O) groups is 2. The smallest absolute Gasteiger partial charge is 0.313 e. The molecule has 2 atom stereocenters. The molecule has 1 N–H and O–H groups in total. The standard InChI is InChI=1S/C29H54O4/c1-4-7-9-11-13-14-15-17-18-20-23-26(25-28(30)31)29(32)33-27(22-6-3)24-21-19-16-12-10-8-5-2/h20,23,26-27H,4-19,21-22,24-25H2,1-3H3,(H,30,31)/b23-20+. The maximum Gasteiger partial charge on any atom is 0.313 e. The fraction of sp³-hybridized carbons (Fsp3) is 0.862. The molecule has 194 valence electrons. The predicted octanol–water partition coefficient (Wildman–Crippen LogP) is 9.02. The zero-order chi connectivity index (χ0) is 24.6. The lowest BCUT2D eigenvalue weighted by Crippen LogP contribution is -2.25. The Morgan fingerprint density at radius 3 is 1.73 bits per heavy atom. The molecule has 0 saturated carbocycles. The van der Waals surface area contributed by atoms with Crippen molar-refractivity contribution in [3.8, 4) is 0 Å². The van der Waals surface area contributed by atoms with Gasteiger partial charge in [-0.3, -0.25) is 9.59 Å². The topological polar surface area (TPSA) is 63.6 Å². The number of carbonyl (C=O) groups excluding carboxylic acids is 1. The van der Waals surface area contributed by atoms with E-state index in [4.69, 9.17) is 4.74 Å². The van der Waals surface area contributed by atoms with Crippen molar-refractivity contribution in [1.29, 1.82) is 0 Å². The summed E-state index contributed by atoms with van der Waals surface area (Å²) >= 11 is 0. The fourth-order valence-electron chi connectivity index (χ4n) is 4.24. The van der Waals surface area contributed by atoms with Gasteiger partial charge in [-0.1, -0.05) is 123 Å². The number of aliphatic carboxylic acids is 1. The molecule has 0 rings (SSSR count). The van der Waals surface area contributed by atoms with Crippen LogP contribution in [0.3, 0.4) is 0 Å². The SMILES string of the molecule is CCCCCCCCCC/C=C/C(CC(=O)O)C(=O)OC(CCC)CCCCCCCCC. The Morgan fingerprint density at radius 1 is 0.697 bits per heavy atom. The predicted molar refractivity (Wildman–Crippen MR) is 140 cm³/mol. The summed E-state index contributed by atoms with van der Waals surface area (Å²) in [4.78, 5) is 24.0. The van der Waals surface area contributed by atoms with Crippen LogP contribution in [0.15, 0.2) is 12.2 Å². The maximum absolute atomic E-state index is 12.7. The quantitative estimate of drug-likeness (QED) is 0.0875. The van der Waals surface area contributed by atoms with E-state index in [-0.39, 0.29) is 18.5 Å². The van der Waals surface area contributed by atoms with Gasteiger partial charge >= 0.3 is 11.9 Å². The molecule has 0 aliphatic rings. The first-order valence-corrected chi connectivity index (χ1v) is 14.1. The van der Waals surface area contributed by atoms with Crippen molar-refractivity contribution in [3.05, 3.63) is 12.2 Å². The Bertz CT molecular complexity index is 486. The molecule has 0 radical (unpaired) electrons. The fourth-order valence-corrected chi connectivity index (χ4v) is 4.24. The first-order chi connectivity index (χ1) is 16.0. The van der Waals surface area contributed by atoms with Gasteiger partial charge in [-0.05, 0) is 32.1 Å². The summed E-state index contributed by atoms with van der Waals surface area (Å²) in [5, 5.41) is 9.25. The molecule has 4 nitrogen and oxygen atoms in total. The first kappa shape index (κ1) is 31.7. The minimum Gasteiger partial charge on any atom is -0.481 e. The van der Waals surface area contributed by atoms with Gasteiger partial charge in [0, 0.05) is 0 Å². The van der Waals surface area contributed by atoms with Gasteiger partial charge in [-0.15, -0.1) is 0 Å². The van der Waals surface area contributed by atoms with Crippen molar-refractivity contribution in [2.45, 2.75) is 155 Å². The molecule has 0 bridgehead atoms. The number of rotatable bonds is 24. The number of hydrogen-bond acceptors (Lipinski definition) is 3. The highest BCUT2D eigenvalue weighted by molar-refractivity contribution is 5.80. The van der Waals surface area contributed by atoms with Crippen molar-refractivity contribution in [3.63, 3.8) is 0 Å². The summed E-state index contributed by atoms with van der Waals surface area (Å²) in [6, 6.07) is 0. The van der Waals surface area contributed by atoms with Crippen molar-refractivity contribution < 1.29 is 19.4 Å². The van der Waals surface area contributed by atoms with E-state index in [1.54, 1.807) is 6.08 Å². The van der Waals surface area contributed by atoms with Crippen LogP contribution in [0.1, 0.15) is 149 Å². The van der Waals surface area contributed by atoms with E-state index in [2.05, 4.69) is 20.8 Å². The normalized spacial score (nSPS) is 13.3. The van der Waals surface area contributed by atoms with Gasteiger partial charge in [0.15, 0.2) is 0 Å². The summed E-state index contributed by atoms with van der Waals surface area (Å²) in [6.07, 6.45) is 25.9. The number of carboxylic acids is 1. The minimum absolute atomic E-state index is 0.0875. The molecule has 0 aliphatic carbocycles. The van der Waals surface area contributed by atoms with Crippen molar-refractivity contribution in [1.82, 2.24) is 0 Å². The zero-order valence-corrected chi connectivity index (χ0v) is 22.1. The van der Waals surface area contributed by atoms with Crippen LogP contribution < -0.4 is 0 Å². The van der Waals surface area contributed by atoms with Crippen molar-refractivity contribution in [2.24, 2.45) is 5.92 Å². The van der Waals surface area contributed by atoms with Gasteiger partial charge in [0.25, 0.3) is 0 Å². The van der Waals surface area contributed by atoms with E-state index in [1.165, 1.54) is 83.5 Å². The number of esters is 1. The lowest BCUT2D eigenvalue weighted by atomic mass is 10.0. The largest absolute Gasteiger partial charge is 0.481 e. The van der Waals surface area contributed by atoms with Gasteiger partial charge in [-0.25, -0.2) is 0 Å². The number of hydrogen-bond donors (Lipinski definition) is 1. The lowest BCUT2D eigenvalue weighted by molar-refractivity contribution is -0.156. The number of carboxylic acid groups (broad SMARTS) is 1. The molecule has 0 aromatic carbocycles. The number of allylic oxidation sites excluding steroid dienone is 1. The van der Waals surface area contributed by atoms with Crippen LogP contribution in [-0.2, 0) is 14.3 Å². The zero-order valence-electron chi connectivity index (χ0n) is 22.1. The van der Waals surface area contributed by atoms with Crippen LogP contribution in [0, 0.1) is 5.92 Å². The van der Waals surface area contributed by atoms with E-state index >= 15 is 0 Å². The van der Waals surface area contributed by atoms with E-state index in [0.717, 1.165) is 38.5 Å². The number of unbranched alkanes of at least 4 members (excludes halogenated alkanes) is 14. The number of ether oxygens (including phenoxy) is 1. The first-order valence-electron chi connectivity index (χ1n) is 14.1. The van der Waals surface area contributed by atoms with E-state index in [1.807, 2.05) is 6.08 Å². The summed E-state index contributed by atoms with van der Waals surface area (Å²) < 4.78 is 5.79. The molecule has 0 spiro atoms. The van der Waals surface area contributed by atoms with Crippen LogP contribution in [0.4, 0.5) is 0 Å². The monoisotopic (exact) mass is 466 g/mol. The molecule has 0 heterocycles. The minimum atomic E-state index is -0.951. The molecule has 0 saturated heterocycles. The molecule has 0 amide bonds. The molecule has 0 fully saturated rings. The highest BCUT2D eigenvalue weighted by atomic mass is 16.5. The van der Waals surface area contributed by atoms with Gasteiger partial charge in [-0.2, -0.15) is 0 Å². The van der Waals surface area contributed by atoms with E-state index < -0.39 is 11.9 Å². The Kier molecular flexibility index (Phi) is 22.9. The summed E-state index contributed by atoms with van der Waals surface area (Å²) in [6.45, 7) is 6.57. The molecular formula is C29H54O4. The molecule has 4 heteroatoms. The lowest BCUT2D eigenvalue weighted by Gasteiger charge is -2.20. The average Bonchev–Trinajstić information content (AvgIpc) is 2.78. The molecular weight excluding hydrogens is 412 g/mol. The van der Waals surface area contributed by atoms with Crippen LogP contribution >= 0.6 is 0 Å². The van der Waals surface area contributed by atoms with Gasteiger partial charge < -0.3 is 9.84 Å². The third-order valence-electron chi connectivity index (χ3n) is 6.31. The maximum atomic E-state index is 12.7. The second kappa shape index (κ2) is 23.8. The Hall–Kier alpha value is -1.32. The van der Waals surface area contributed by atoms with Crippen LogP contribution in [0.5, 0.6) is 0 Å². The second-order valence-electron chi connectivity index (χ2n) is 9.65. The van der Waals surface area contributed by atoms with Crippen LogP contribution in [-0.4, -0.2) is 23.1 Å². The van der Waals surface area contributed by atoms with Gasteiger partial charge in [0.05, 0.1) is 12.3 Å². The van der Waals surface area contributed by atoms with Gasteiger partial charge in [0.1, 0.15) is 6.10 Å². The van der Waals surface area contributed by atoms with Crippen LogP contribution in [0.25, 0.3) is 0 Å². The second-order valence-corrected chi connectivity index (χ2v) is 9.65. The molecule has 0 aromatic heterocycles. The Morgan fingerprint density at radius 2 is 1.21 bits per heavy atom. The molecule has 0 aliphatic heterocycles. The molecule has 33 heavy (non-hydrogen) atoms. The summed E-state index contributed by atoms with van der Waals surface area (Å²) in [7, 11) is 0. The summed E-state index contributed by atoms with van der Waals surface area (Å²) in [5.41, 5.74) is 0. The Balaban J connectivity index is 4.34. The van der Waals surface area contributed by atoms with E-state index in [9.17, 15) is 14.7 Å². The third-order valence-corrected chi connectivity index (χ3v) is 6.31. The van der Waals surface area contributed by atoms with E-state index in [0.29, 0.717) is 0 Å². The molecule has 2 unspecified atom stereocenters.